The molecule has 1 radical (unpaired) electrons. The molecule has 3 aromatic carbocycles. The predicted molar refractivity (Wildman–Crippen MR) is 164 cm³/mol. The molecule has 0 atom stereocenters. The summed E-state index contributed by atoms with van der Waals surface area (Å²) >= 11 is 0. The largest absolute Gasteiger partial charge is 0.493 e. The van der Waals surface area contributed by atoms with Gasteiger partial charge in [0.1, 0.15) is 11.6 Å². The minimum atomic E-state index is -0.611. The normalized spacial score (nSPS) is 10.7. The van der Waals surface area contributed by atoms with Gasteiger partial charge in [-0.05, 0) is 41.7 Å². The molecule has 0 aliphatic heterocycles. The van der Waals surface area contributed by atoms with Crippen LogP contribution in [0.15, 0.2) is 80.8 Å². The third-order valence-electron chi connectivity index (χ3n) is 6.89. The van der Waals surface area contributed by atoms with Crippen LogP contribution in [0.4, 0.5) is 0 Å². The molecule has 11 heteroatoms. The Kier molecular flexibility index (Phi) is 11.2. The van der Waals surface area contributed by atoms with Gasteiger partial charge in [-0.15, -0.1) is 0 Å². The van der Waals surface area contributed by atoms with Crippen LogP contribution in [-0.4, -0.2) is 85.3 Å². The van der Waals surface area contributed by atoms with Crippen LogP contribution in [0.5, 0.6) is 23.0 Å². The molecule has 0 amide bonds. The van der Waals surface area contributed by atoms with Crippen LogP contribution in [0.1, 0.15) is 37.4 Å². The summed E-state index contributed by atoms with van der Waals surface area (Å²) < 4.78 is 23.3. The minimum absolute atomic E-state index is 0. The standard InChI is InChI=1S/C32H32N4O6.K/c1-5-9-28-33-25(6-2)29(41-22-16-17-26(39-3)27(18-22)40-4)31(37)36(28)19-20-12-14-21(15-13-20)23-10-7-8-11-24(23)30-34-32(38)42-35-30;/h7-8,10-18H,5-6,9,19H2,1-4H3,(H,34,35,38);. The zero-order chi connectivity index (χ0) is 29.6. The number of hydrogen-bond donors (Lipinski definition) is 1. The van der Waals surface area contributed by atoms with Crippen molar-refractivity contribution in [2.24, 2.45) is 0 Å². The molecule has 10 nitrogen and oxygen atoms in total. The van der Waals surface area contributed by atoms with Crippen molar-refractivity contribution in [3.63, 3.8) is 0 Å². The molecule has 0 saturated heterocycles. The van der Waals surface area contributed by atoms with Gasteiger partial charge in [0.05, 0.1) is 26.5 Å². The quantitative estimate of drug-likeness (QED) is 0.202. The van der Waals surface area contributed by atoms with Crippen LogP contribution in [-0.2, 0) is 19.4 Å². The maximum absolute atomic E-state index is 13.9. The molecule has 0 aliphatic carbocycles. The molecular weight excluding hydrogens is 575 g/mol. The Morgan fingerprint density at radius 3 is 2.26 bits per heavy atom. The predicted octanol–water partition coefficient (Wildman–Crippen LogP) is 5.25. The van der Waals surface area contributed by atoms with Gasteiger partial charge in [-0.25, -0.2) is 9.78 Å². The van der Waals surface area contributed by atoms with Gasteiger partial charge in [-0.1, -0.05) is 67.5 Å². The summed E-state index contributed by atoms with van der Waals surface area (Å²) in [6.07, 6.45) is 2.03. The maximum atomic E-state index is 13.9. The fourth-order valence-corrected chi connectivity index (χ4v) is 4.81. The SMILES string of the molecule is CCCc1nc(CC)c(Oc2ccc(OC)c(OC)c2)c(=O)n1Cc1ccc(-c2ccccc2-c2noc(=O)[nH]2)cc1.[K]. The molecule has 2 heterocycles. The summed E-state index contributed by atoms with van der Waals surface area (Å²) in [6, 6.07) is 20.7. The monoisotopic (exact) mass is 607 g/mol. The first kappa shape index (κ1) is 32.4. The molecule has 5 rings (SSSR count). The summed E-state index contributed by atoms with van der Waals surface area (Å²) in [5.74, 6) is 2.17. The van der Waals surface area contributed by atoms with Crippen molar-refractivity contribution >= 4 is 51.4 Å². The summed E-state index contributed by atoms with van der Waals surface area (Å²) in [7, 11) is 3.11. The van der Waals surface area contributed by atoms with Crippen molar-refractivity contribution < 1.29 is 18.7 Å². The molecule has 2 aromatic heterocycles. The van der Waals surface area contributed by atoms with Crippen molar-refractivity contribution in [1.82, 2.24) is 19.7 Å². The van der Waals surface area contributed by atoms with E-state index < -0.39 is 5.76 Å². The van der Waals surface area contributed by atoms with E-state index in [2.05, 4.69) is 17.1 Å². The Labute approximate surface area is 291 Å². The van der Waals surface area contributed by atoms with E-state index in [1.165, 1.54) is 0 Å². The first-order valence-electron chi connectivity index (χ1n) is 13.7. The number of aromatic nitrogens is 4. The molecule has 0 unspecified atom stereocenters. The third-order valence-corrected chi connectivity index (χ3v) is 6.89. The fourth-order valence-electron chi connectivity index (χ4n) is 4.81. The Balaban J connectivity index is 0.00000423. The molecule has 5 aromatic rings. The number of H-pyrrole nitrogens is 1. The summed E-state index contributed by atoms with van der Waals surface area (Å²) in [4.78, 5) is 32.9. The van der Waals surface area contributed by atoms with Crippen LogP contribution in [0, 0.1) is 0 Å². The number of benzene rings is 3. The fraction of sp³-hybridized carbons (Fsp3) is 0.250. The number of aryl methyl sites for hydroxylation is 2. The van der Waals surface area contributed by atoms with Gasteiger partial charge in [-0.2, -0.15) is 0 Å². The van der Waals surface area contributed by atoms with Crippen LogP contribution in [0.2, 0.25) is 0 Å². The average Bonchev–Trinajstić information content (AvgIpc) is 3.46. The second kappa shape index (κ2) is 14.8. The van der Waals surface area contributed by atoms with Crippen LogP contribution in [0.25, 0.3) is 22.5 Å². The first-order chi connectivity index (χ1) is 20.4. The summed E-state index contributed by atoms with van der Waals surface area (Å²) in [5, 5.41) is 3.84. The average molecular weight is 608 g/mol. The number of nitrogens with zero attached hydrogens (tertiary/aromatic N) is 3. The third kappa shape index (κ3) is 7.19. The van der Waals surface area contributed by atoms with Crippen molar-refractivity contribution in [2.75, 3.05) is 14.2 Å². The number of nitrogens with one attached hydrogen (secondary N) is 1. The van der Waals surface area contributed by atoms with Gasteiger partial charge >= 0.3 is 5.76 Å². The molecule has 0 spiro atoms. The van der Waals surface area contributed by atoms with E-state index in [-0.39, 0.29) is 62.7 Å². The molecule has 217 valence electrons. The van der Waals surface area contributed by atoms with E-state index in [0.29, 0.717) is 54.0 Å². The Morgan fingerprint density at radius 1 is 0.907 bits per heavy atom. The van der Waals surface area contributed by atoms with Crippen molar-refractivity contribution in [1.29, 1.82) is 0 Å². The van der Waals surface area contributed by atoms with Gasteiger partial charge in [0, 0.05) is 69.4 Å². The Morgan fingerprint density at radius 2 is 1.63 bits per heavy atom. The minimum Gasteiger partial charge on any atom is -0.493 e. The molecule has 0 bridgehead atoms. The Hall–Kier alpha value is -3.48. The van der Waals surface area contributed by atoms with E-state index in [4.69, 9.17) is 23.7 Å². The number of ether oxygens (including phenoxy) is 3. The van der Waals surface area contributed by atoms with E-state index >= 15 is 0 Å². The molecular formula is C32H32KN4O6. The van der Waals surface area contributed by atoms with Crippen molar-refractivity contribution in [3.05, 3.63) is 105 Å². The summed E-state index contributed by atoms with van der Waals surface area (Å²) in [6.45, 7) is 4.34. The molecule has 0 fully saturated rings. The van der Waals surface area contributed by atoms with Gasteiger partial charge in [-0.3, -0.25) is 18.9 Å². The van der Waals surface area contributed by atoms with E-state index in [0.717, 1.165) is 28.7 Å². The molecule has 1 N–H and O–H groups in total. The van der Waals surface area contributed by atoms with E-state index in [1.54, 1.807) is 37.0 Å². The Bertz CT molecular complexity index is 1810. The number of methoxy groups -OCH3 is 2. The van der Waals surface area contributed by atoms with Crippen molar-refractivity contribution in [2.45, 2.75) is 39.7 Å². The second-order valence-corrected chi connectivity index (χ2v) is 9.60. The number of rotatable bonds is 11. The van der Waals surface area contributed by atoms with Crippen LogP contribution < -0.4 is 25.5 Å². The zero-order valence-electron chi connectivity index (χ0n) is 25.0. The van der Waals surface area contributed by atoms with Crippen molar-refractivity contribution in [3.8, 4) is 45.5 Å². The second-order valence-electron chi connectivity index (χ2n) is 9.60. The van der Waals surface area contributed by atoms with Gasteiger partial charge in [0.15, 0.2) is 17.3 Å². The zero-order valence-corrected chi connectivity index (χ0v) is 28.1. The molecule has 0 aliphatic rings. The number of aromatic amines is 1. The van der Waals surface area contributed by atoms with Gasteiger partial charge < -0.3 is 14.2 Å². The molecule has 43 heavy (non-hydrogen) atoms. The van der Waals surface area contributed by atoms with E-state index in [9.17, 15) is 9.59 Å². The van der Waals surface area contributed by atoms with Crippen LogP contribution in [0.3, 0.4) is 0 Å². The summed E-state index contributed by atoms with van der Waals surface area (Å²) in [5.41, 5.74) is 3.84. The van der Waals surface area contributed by atoms with Gasteiger partial charge in [0.25, 0.3) is 5.56 Å². The van der Waals surface area contributed by atoms with E-state index in [1.807, 2.05) is 55.5 Å². The maximum Gasteiger partial charge on any atom is 0.439 e. The number of hydrogen-bond acceptors (Lipinski definition) is 8. The first-order valence-corrected chi connectivity index (χ1v) is 13.7. The molecule has 0 saturated carbocycles. The van der Waals surface area contributed by atoms with Gasteiger partial charge in [0.2, 0.25) is 5.75 Å². The topological polar surface area (TPSA) is 121 Å². The smallest absolute Gasteiger partial charge is 0.439 e. The van der Waals surface area contributed by atoms with Crippen LogP contribution >= 0.6 is 0 Å².